The molecule has 0 spiro atoms. The quantitative estimate of drug-likeness (QED) is 0.746. The largest absolute Gasteiger partial charge is 0.493 e. The molecular formula is C17H27NO. The molecule has 1 aliphatic rings. The first-order valence-electron chi connectivity index (χ1n) is 7.70. The molecule has 19 heavy (non-hydrogen) atoms. The Bertz CT molecular complexity index is 400. The highest BCUT2D eigenvalue weighted by molar-refractivity contribution is 5.45. The summed E-state index contributed by atoms with van der Waals surface area (Å²) in [5.74, 6) is 1.88. The topological polar surface area (TPSA) is 21.3 Å². The lowest BCUT2D eigenvalue weighted by Gasteiger charge is -2.14. The molecule has 1 aliphatic carbocycles. The molecule has 0 amide bonds. The number of fused-ring (bicyclic) bond motifs is 1. The Morgan fingerprint density at radius 1 is 1.37 bits per heavy atom. The number of hydrogen-bond donors (Lipinski definition) is 1. The van der Waals surface area contributed by atoms with Gasteiger partial charge in [0.2, 0.25) is 0 Å². The normalized spacial score (nSPS) is 17.8. The highest BCUT2D eigenvalue weighted by atomic mass is 16.5. The second kappa shape index (κ2) is 6.95. The van der Waals surface area contributed by atoms with Crippen molar-refractivity contribution in [1.82, 2.24) is 5.32 Å². The van der Waals surface area contributed by atoms with Crippen LogP contribution in [0.5, 0.6) is 5.75 Å². The van der Waals surface area contributed by atoms with Gasteiger partial charge in [-0.05, 0) is 55.3 Å². The number of ether oxygens (including phenoxy) is 1. The van der Waals surface area contributed by atoms with Crippen molar-refractivity contribution in [1.29, 1.82) is 0 Å². The first kappa shape index (κ1) is 14.4. The smallest absolute Gasteiger partial charge is 0.122 e. The predicted molar refractivity (Wildman–Crippen MR) is 80.7 cm³/mol. The number of rotatable bonds is 7. The SMILES string of the molecule is CCNC1CCc2c(OCCCC(C)C)cccc21. The molecule has 1 N–H and O–H groups in total. The van der Waals surface area contributed by atoms with Crippen LogP contribution in [0.1, 0.15) is 57.2 Å². The second-order valence-corrected chi connectivity index (χ2v) is 5.86. The average Bonchev–Trinajstić information content (AvgIpc) is 2.79. The molecule has 1 atom stereocenters. The summed E-state index contributed by atoms with van der Waals surface area (Å²) < 4.78 is 6.00. The van der Waals surface area contributed by atoms with E-state index in [-0.39, 0.29) is 0 Å². The summed E-state index contributed by atoms with van der Waals surface area (Å²) in [7, 11) is 0. The summed E-state index contributed by atoms with van der Waals surface area (Å²) in [4.78, 5) is 0. The Morgan fingerprint density at radius 3 is 2.95 bits per heavy atom. The highest BCUT2D eigenvalue weighted by Crippen LogP contribution is 2.36. The predicted octanol–water partition coefficient (Wildman–Crippen LogP) is 4.10. The summed E-state index contributed by atoms with van der Waals surface area (Å²) in [6.07, 6.45) is 4.75. The zero-order chi connectivity index (χ0) is 13.7. The summed E-state index contributed by atoms with van der Waals surface area (Å²) in [5.41, 5.74) is 2.88. The summed E-state index contributed by atoms with van der Waals surface area (Å²) >= 11 is 0. The van der Waals surface area contributed by atoms with Gasteiger partial charge in [-0.1, -0.05) is 32.9 Å². The molecule has 1 unspecified atom stereocenters. The molecular weight excluding hydrogens is 234 g/mol. The van der Waals surface area contributed by atoms with Crippen molar-refractivity contribution in [3.63, 3.8) is 0 Å². The molecule has 1 aromatic carbocycles. The van der Waals surface area contributed by atoms with E-state index in [1.54, 1.807) is 0 Å². The van der Waals surface area contributed by atoms with Gasteiger partial charge in [0.1, 0.15) is 5.75 Å². The monoisotopic (exact) mass is 261 g/mol. The van der Waals surface area contributed by atoms with Gasteiger partial charge >= 0.3 is 0 Å². The summed E-state index contributed by atoms with van der Waals surface area (Å²) in [6.45, 7) is 8.58. The summed E-state index contributed by atoms with van der Waals surface area (Å²) in [5, 5.41) is 3.55. The van der Waals surface area contributed by atoms with E-state index in [9.17, 15) is 0 Å². The van der Waals surface area contributed by atoms with Crippen LogP contribution in [0.15, 0.2) is 18.2 Å². The number of nitrogens with one attached hydrogen (secondary N) is 1. The van der Waals surface area contributed by atoms with Crippen LogP contribution in [0, 0.1) is 5.92 Å². The van der Waals surface area contributed by atoms with Crippen LogP contribution in [0.3, 0.4) is 0 Å². The van der Waals surface area contributed by atoms with Crippen molar-refractivity contribution in [2.75, 3.05) is 13.2 Å². The fraction of sp³-hybridized carbons (Fsp3) is 0.647. The highest BCUT2D eigenvalue weighted by Gasteiger charge is 2.24. The lowest BCUT2D eigenvalue weighted by molar-refractivity contribution is 0.295. The molecule has 0 saturated heterocycles. The van der Waals surface area contributed by atoms with Gasteiger partial charge in [0.05, 0.1) is 6.61 Å². The Balaban J connectivity index is 1.95. The molecule has 1 aromatic rings. The Morgan fingerprint density at radius 2 is 2.21 bits per heavy atom. The first-order valence-corrected chi connectivity index (χ1v) is 7.70. The third-order valence-corrected chi connectivity index (χ3v) is 3.86. The molecule has 0 radical (unpaired) electrons. The van der Waals surface area contributed by atoms with Crippen LogP contribution in [-0.2, 0) is 6.42 Å². The minimum Gasteiger partial charge on any atom is -0.493 e. The maximum Gasteiger partial charge on any atom is 0.122 e. The zero-order valence-corrected chi connectivity index (χ0v) is 12.5. The standard InChI is InChI=1S/C17H27NO/c1-4-18-16-11-10-15-14(16)8-5-9-17(15)19-12-6-7-13(2)3/h5,8-9,13,16,18H,4,6-7,10-12H2,1-3H3. The fourth-order valence-corrected chi connectivity index (χ4v) is 2.89. The van der Waals surface area contributed by atoms with Gasteiger partial charge in [-0.2, -0.15) is 0 Å². The fourth-order valence-electron chi connectivity index (χ4n) is 2.89. The lowest BCUT2D eigenvalue weighted by Crippen LogP contribution is -2.18. The van der Waals surface area contributed by atoms with Crippen molar-refractivity contribution < 1.29 is 4.74 Å². The van der Waals surface area contributed by atoms with Crippen molar-refractivity contribution in [2.45, 2.75) is 52.5 Å². The second-order valence-electron chi connectivity index (χ2n) is 5.86. The van der Waals surface area contributed by atoms with Crippen molar-refractivity contribution in [3.8, 4) is 5.75 Å². The maximum absolute atomic E-state index is 6.00. The minimum absolute atomic E-state index is 0.527. The van der Waals surface area contributed by atoms with Crippen LogP contribution in [0.25, 0.3) is 0 Å². The van der Waals surface area contributed by atoms with Crippen molar-refractivity contribution in [3.05, 3.63) is 29.3 Å². The van der Waals surface area contributed by atoms with Crippen LogP contribution in [0.4, 0.5) is 0 Å². The first-order chi connectivity index (χ1) is 9.22. The Hall–Kier alpha value is -1.02. The van der Waals surface area contributed by atoms with Crippen LogP contribution >= 0.6 is 0 Å². The molecule has 2 rings (SSSR count). The Labute approximate surface area is 117 Å². The van der Waals surface area contributed by atoms with E-state index in [2.05, 4.69) is 44.3 Å². The van der Waals surface area contributed by atoms with Gasteiger partial charge in [-0.25, -0.2) is 0 Å². The van der Waals surface area contributed by atoms with E-state index in [0.717, 1.165) is 37.7 Å². The van der Waals surface area contributed by atoms with E-state index in [4.69, 9.17) is 4.74 Å². The number of hydrogen-bond acceptors (Lipinski definition) is 2. The van der Waals surface area contributed by atoms with Gasteiger partial charge in [0.25, 0.3) is 0 Å². The third kappa shape index (κ3) is 3.73. The molecule has 106 valence electrons. The maximum atomic E-state index is 6.00. The van der Waals surface area contributed by atoms with Crippen LogP contribution in [-0.4, -0.2) is 13.2 Å². The molecule has 0 aromatic heterocycles. The number of benzene rings is 1. The summed E-state index contributed by atoms with van der Waals surface area (Å²) in [6, 6.07) is 7.03. The Kier molecular flexibility index (Phi) is 5.26. The van der Waals surface area contributed by atoms with E-state index < -0.39 is 0 Å². The van der Waals surface area contributed by atoms with Crippen molar-refractivity contribution >= 4 is 0 Å². The zero-order valence-electron chi connectivity index (χ0n) is 12.5. The van der Waals surface area contributed by atoms with E-state index in [0.29, 0.717) is 6.04 Å². The van der Waals surface area contributed by atoms with Gasteiger partial charge in [-0.15, -0.1) is 0 Å². The lowest BCUT2D eigenvalue weighted by atomic mass is 10.1. The average molecular weight is 261 g/mol. The minimum atomic E-state index is 0.527. The van der Waals surface area contributed by atoms with Crippen LogP contribution < -0.4 is 10.1 Å². The molecule has 2 nitrogen and oxygen atoms in total. The van der Waals surface area contributed by atoms with Crippen LogP contribution in [0.2, 0.25) is 0 Å². The molecule has 0 fully saturated rings. The van der Waals surface area contributed by atoms with Gasteiger partial charge in [0, 0.05) is 6.04 Å². The third-order valence-electron chi connectivity index (χ3n) is 3.86. The van der Waals surface area contributed by atoms with E-state index in [1.165, 1.54) is 24.0 Å². The molecule has 0 aliphatic heterocycles. The molecule has 0 heterocycles. The van der Waals surface area contributed by atoms with E-state index in [1.807, 2.05) is 0 Å². The van der Waals surface area contributed by atoms with E-state index >= 15 is 0 Å². The molecule has 2 heteroatoms. The molecule has 0 saturated carbocycles. The van der Waals surface area contributed by atoms with Gasteiger partial charge in [0.15, 0.2) is 0 Å². The van der Waals surface area contributed by atoms with Gasteiger partial charge in [-0.3, -0.25) is 0 Å². The van der Waals surface area contributed by atoms with Crippen molar-refractivity contribution in [2.24, 2.45) is 5.92 Å². The van der Waals surface area contributed by atoms with Gasteiger partial charge < -0.3 is 10.1 Å². The molecule has 0 bridgehead atoms.